The predicted octanol–water partition coefficient (Wildman–Crippen LogP) is 5.41. The fourth-order valence-corrected chi connectivity index (χ4v) is 8.54. The zero-order valence-corrected chi connectivity index (χ0v) is 18.5. The van der Waals surface area contributed by atoms with Crippen molar-refractivity contribution in [3.05, 3.63) is 102 Å². The summed E-state index contributed by atoms with van der Waals surface area (Å²) in [6, 6.07) is 31.8. The van der Waals surface area contributed by atoms with E-state index in [1.165, 1.54) is 26.7 Å². The molecular formula is C27H24OSe. The van der Waals surface area contributed by atoms with Crippen LogP contribution in [-0.4, -0.2) is 20.7 Å². The SMILES string of the molecule is CC12CC([Se]c3ccccc3)C(C)(C1=O)C(c1ccccc1)=C2c1ccccc1. The van der Waals surface area contributed by atoms with Gasteiger partial charge in [-0.25, -0.2) is 0 Å². The summed E-state index contributed by atoms with van der Waals surface area (Å²) in [4.78, 5) is 14.3. The minimum absolute atomic E-state index is 0.256. The van der Waals surface area contributed by atoms with Crippen LogP contribution < -0.4 is 4.46 Å². The second-order valence-corrected chi connectivity index (χ2v) is 11.1. The zero-order valence-electron chi connectivity index (χ0n) is 16.8. The molecule has 1 saturated carbocycles. The summed E-state index contributed by atoms with van der Waals surface area (Å²) < 4.78 is 1.38. The molecule has 2 bridgehead atoms. The number of carbonyl (C=O) groups is 1. The molecule has 0 aromatic heterocycles. The van der Waals surface area contributed by atoms with Crippen molar-refractivity contribution in [3.63, 3.8) is 0 Å². The van der Waals surface area contributed by atoms with Crippen LogP contribution in [0.4, 0.5) is 0 Å². The summed E-state index contributed by atoms with van der Waals surface area (Å²) in [6.45, 7) is 4.40. The summed E-state index contributed by atoms with van der Waals surface area (Å²) in [7, 11) is 0. The molecular weight excluding hydrogens is 419 g/mol. The van der Waals surface area contributed by atoms with Crippen LogP contribution in [0.5, 0.6) is 0 Å². The molecule has 1 fully saturated rings. The Hall–Kier alpha value is -2.41. The molecule has 5 rings (SSSR count). The number of hydrogen-bond acceptors (Lipinski definition) is 1. The number of hydrogen-bond donors (Lipinski definition) is 0. The Kier molecular flexibility index (Phi) is 4.38. The van der Waals surface area contributed by atoms with Crippen molar-refractivity contribution in [2.45, 2.75) is 25.1 Å². The van der Waals surface area contributed by atoms with Crippen LogP contribution in [0.2, 0.25) is 4.82 Å². The fourth-order valence-electron chi connectivity index (χ4n) is 5.35. The van der Waals surface area contributed by atoms with Gasteiger partial charge in [0.1, 0.15) is 0 Å². The Morgan fingerprint density at radius 1 is 0.724 bits per heavy atom. The molecule has 29 heavy (non-hydrogen) atoms. The molecule has 2 heteroatoms. The molecule has 3 aromatic carbocycles. The third-order valence-electron chi connectivity index (χ3n) is 6.68. The van der Waals surface area contributed by atoms with E-state index in [4.69, 9.17) is 0 Å². The molecule has 144 valence electrons. The van der Waals surface area contributed by atoms with E-state index in [9.17, 15) is 4.79 Å². The first-order valence-electron chi connectivity index (χ1n) is 10.2. The molecule has 0 spiro atoms. The van der Waals surface area contributed by atoms with Crippen LogP contribution >= 0.6 is 0 Å². The van der Waals surface area contributed by atoms with Gasteiger partial charge in [0.05, 0.1) is 0 Å². The van der Waals surface area contributed by atoms with Crippen molar-refractivity contribution in [1.82, 2.24) is 0 Å². The summed E-state index contributed by atoms with van der Waals surface area (Å²) in [6.07, 6.45) is 0.942. The van der Waals surface area contributed by atoms with E-state index in [1.807, 2.05) is 6.07 Å². The summed E-state index contributed by atoms with van der Waals surface area (Å²) in [5.41, 5.74) is 4.04. The van der Waals surface area contributed by atoms with Gasteiger partial charge in [-0.1, -0.05) is 0 Å². The Balaban J connectivity index is 1.72. The van der Waals surface area contributed by atoms with Crippen molar-refractivity contribution in [2.75, 3.05) is 0 Å². The maximum atomic E-state index is 13.9. The molecule has 0 saturated heterocycles. The molecule has 1 nitrogen and oxygen atoms in total. The van der Waals surface area contributed by atoms with Crippen molar-refractivity contribution in [2.24, 2.45) is 10.8 Å². The first-order chi connectivity index (χ1) is 14.0. The second-order valence-electron chi connectivity index (χ2n) is 8.47. The summed E-state index contributed by atoms with van der Waals surface area (Å²) in [5.74, 6) is 0.408. The van der Waals surface area contributed by atoms with Gasteiger partial charge in [-0.2, -0.15) is 0 Å². The zero-order chi connectivity index (χ0) is 20.1. The van der Waals surface area contributed by atoms with Gasteiger partial charge >= 0.3 is 179 Å². The van der Waals surface area contributed by atoms with Crippen LogP contribution in [-0.2, 0) is 4.79 Å². The third-order valence-corrected chi connectivity index (χ3v) is 9.76. The van der Waals surface area contributed by atoms with E-state index in [-0.39, 0.29) is 15.0 Å². The van der Waals surface area contributed by atoms with Crippen LogP contribution in [0.25, 0.3) is 11.1 Å². The summed E-state index contributed by atoms with van der Waals surface area (Å²) >= 11 is 0.256. The first-order valence-corrected chi connectivity index (χ1v) is 12.0. The van der Waals surface area contributed by atoms with E-state index in [1.54, 1.807) is 0 Å². The molecule has 0 N–H and O–H groups in total. The summed E-state index contributed by atoms with van der Waals surface area (Å²) in [5, 5.41) is 0. The second kappa shape index (κ2) is 6.83. The maximum absolute atomic E-state index is 13.9. The van der Waals surface area contributed by atoms with Gasteiger partial charge < -0.3 is 0 Å². The van der Waals surface area contributed by atoms with Crippen LogP contribution in [0.15, 0.2) is 91.0 Å². The molecule has 0 heterocycles. The normalized spacial score (nSPS) is 28.2. The number of rotatable bonds is 4. The van der Waals surface area contributed by atoms with E-state index in [0.29, 0.717) is 10.6 Å². The number of ketones is 1. The predicted molar refractivity (Wildman–Crippen MR) is 121 cm³/mol. The van der Waals surface area contributed by atoms with E-state index < -0.39 is 10.8 Å². The van der Waals surface area contributed by atoms with Crippen LogP contribution in [0.3, 0.4) is 0 Å². The Labute approximate surface area is 179 Å². The molecule has 2 aliphatic carbocycles. The molecule has 0 aliphatic heterocycles. The average Bonchev–Trinajstić information content (AvgIpc) is 3.06. The van der Waals surface area contributed by atoms with Gasteiger partial charge in [-0.05, 0) is 0 Å². The van der Waals surface area contributed by atoms with E-state index >= 15 is 0 Å². The number of carbonyl (C=O) groups excluding carboxylic acids is 1. The quantitative estimate of drug-likeness (QED) is 0.493. The van der Waals surface area contributed by atoms with Crippen LogP contribution in [0.1, 0.15) is 31.4 Å². The Morgan fingerprint density at radius 2 is 1.21 bits per heavy atom. The van der Waals surface area contributed by atoms with Gasteiger partial charge in [0.15, 0.2) is 0 Å². The van der Waals surface area contributed by atoms with Crippen molar-refractivity contribution < 1.29 is 4.79 Å². The van der Waals surface area contributed by atoms with E-state index in [2.05, 4.69) is 98.8 Å². The van der Waals surface area contributed by atoms with E-state index in [0.717, 1.165) is 6.42 Å². The van der Waals surface area contributed by atoms with Crippen molar-refractivity contribution in [1.29, 1.82) is 0 Å². The Morgan fingerprint density at radius 3 is 1.76 bits per heavy atom. The average molecular weight is 443 g/mol. The topological polar surface area (TPSA) is 17.1 Å². The first kappa shape index (κ1) is 18.6. The molecule has 3 atom stereocenters. The van der Waals surface area contributed by atoms with Crippen molar-refractivity contribution in [3.8, 4) is 0 Å². The third kappa shape index (κ3) is 2.70. The van der Waals surface area contributed by atoms with Gasteiger partial charge in [0.2, 0.25) is 0 Å². The van der Waals surface area contributed by atoms with Crippen molar-refractivity contribution >= 4 is 36.3 Å². The molecule has 2 aliphatic rings. The minimum atomic E-state index is -0.433. The molecule has 3 unspecified atom stereocenters. The Bertz CT molecular complexity index is 1090. The number of benzene rings is 3. The number of Topliss-reactive ketones (excluding diaryl/α,β-unsaturated/α-hetero) is 1. The van der Waals surface area contributed by atoms with Crippen LogP contribution in [0, 0.1) is 10.8 Å². The molecule has 0 radical (unpaired) electrons. The number of allylic oxidation sites excluding steroid dienone is 2. The number of fused-ring (bicyclic) bond motifs is 2. The monoisotopic (exact) mass is 444 g/mol. The fraction of sp³-hybridized carbons (Fsp3) is 0.222. The standard InChI is InChI=1S/C27H24OSe/c1-26-18-22(29-21-16-10-5-11-17-21)27(2,25(26)28)24(20-14-8-4-9-15-20)23(26)19-12-6-3-7-13-19/h3-17,22H,18H2,1-2H3. The van der Waals surface area contributed by atoms with Gasteiger partial charge in [0.25, 0.3) is 0 Å². The van der Waals surface area contributed by atoms with Gasteiger partial charge in [-0.3, -0.25) is 0 Å². The van der Waals surface area contributed by atoms with Gasteiger partial charge in [0, 0.05) is 0 Å². The molecule has 0 amide bonds. The molecule has 3 aromatic rings. The van der Waals surface area contributed by atoms with Gasteiger partial charge in [-0.15, -0.1) is 0 Å².